The number of hydrogen-bond donors (Lipinski definition) is 1. The van der Waals surface area contributed by atoms with E-state index in [-0.39, 0.29) is 11.3 Å². The first kappa shape index (κ1) is 19.4. The number of ether oxygens (including phenoxy) is 1. The number of halogens is 1. The maximum absolute atomic E-state index is 14.0. The molecule has 0 atom stereocenters. The van der Waals surface area contributed by atoms with Gasteiger partial charge in [-0.25, -0.2) is 9.37 Å². The Labute approximate surface area is 169 Å². The Bertz CT molecular complexity index is 1070. The summed E-state index contributed by atoms with van der Waals surface area (Å²) in [6.07, 6.45) is 4.11. The van der Waals surface area contributed by atoms with Crippen LogP contribution in [0.1, 0.15) is 12.8 Å². The summed E-state index contributed by atoms with van der Waals surface area (Å²) in [5.74, 6) is 0.381. The van der Waals surface area contributed by atoms with Gasteiger partial charge < -0.3 is 15.0 Å². The van der Waals surface area contributed by atoms with Gasteiger partial charge in [0.05, 0.1) is 18.5 Å². The van der Waals surface area contributed by atoms with Gasteiger partial charge in [-0.3, -0.25) is 9.20 Å². The van der Waals surface area contributed by atoms with E-state index in [9.17, 15) is 9.18 Å². The van der Waals surface area contributed by atoms with E-state index in [0.29, 0.717) is 22.8 Å². The van der Waals surface area contributed by atoms with E-state index in [2.05, 4.69) is 15.2 Å². The van der Waals surface area contributed by atoms with Crippen molar-refractivity contribution >= 4 is 11.3 Å². The maximum atomic E-state index is 14.0. The van der Waals surface area contributed by atoms with Gasteiger partial charge in [0, 0.05) is 30.9 Å². The molecule has 3 heterocycles. The summed E-state index contributed by atoms with van der Waals surface area (Å²) in [6, 6.07) is 9.86. The lowest BCUT2D eigenvalue weighted by Crippen LogP contribution is -2.37. The summed E-state index contributed by atoms with van der Waals surface area (Å²) in [5, 5.41) is 3.25. The van der Waals surface area contributed by atoms with Crippen LogP contribution in [0.5, 0.6) is 5.75 Å². The smallest absolute Gasteiger partial charge is 0.258 e. The molecule has 1 aliphatic rings. The van der Waals surface area contributed by atoms with Crippen LogP contribution in [-0.2, 0) is 0 Å². The predicted octanol–water partition coefficient (Wildman–Crippen LogP) is 2.95. The number of rotatable bonds is 5. The topological polar surface area (TPSA) is 58.9 Å². The van der Waals surface area contributed by atoms with Crippen LogP contribution in [0.15, 0.2) is 47.4 Å². The lowest BCUT2D eigenvalue weighted by molar-refractivity contribution is 0.386. The van der Waals surface area contributed by atoms with Gasteiger partial charge in [-0.2, -0.15) is 0 Å². The minimum absolute atomic E-state index is 0.161. The van der Waals surface area contributed by atoms with Crippen LogP contribution in [0.25, 0.3) is 16.9 Å². The number of pyridine rings is 1. The highest BCUT2D eigenvalue weighted by atomic mass is 19.1. The SMILES string of the molecule is CNCC1CCN(c2ccc3nc(-c4ccc(OC)c(F)c4)cc(=O)n3c2)CC1. The van der Waals surface area contributed by atoms with Crippen molar-refractivity contribution in [3.63, 3.8) is 0 Å². The van der Waals surface area contributed by atoms with Crippen LogP contribution in [0, 0.1) is 11.7 Å². The Hall–Kier alpha value is -2.93. The second-order valence-electron chi connectivity index (χ2n) is 7.43. The standard InChI is InChI=1S/C22H25FN4O2/c1-24-13-15-7-9-26(10-8-15)17-4-6-21-25-19(12-22(28)27(21)14-17)16-3-5-20(29-2)18(23)11-16/h3-6,11-12,14-15,24H,7-10,13H2,1-2H3. The van der Waals surface area contributed by atoms with E-state index >= 15 is 0 Å². The van der Waals surface area contributed by atoms with Gasteiger partial charge >= 0.3 is 0 Å². The van der Waals surface area contributed by atoms with Gasteiger partial charge in [0.25, 0.3) is 5.56 Å². The molecule has 0 amide bonds. The van der Waals surface area contributed by atoms with Crippen LogP contribution in [0.4, 0.5) is 10.1 Å². The number of hydrogen-bond acceptors (Lipinski definition) is 5. The Morgan fingerprint density at radius 3 is 2.69 bits per heavy atom. The predicted molar refractivity (Wildman–Crippen MR) is 112 cm³/mol. The molecule has 1 N–H and O–H groups in total. The number of methoxy groups -OCH3 is 1. The molecular formula is C22H25FN4O2. The van der Waals surface area contributed by atoms with Gasteiger partial charge in [-0.1, -0.05) is 0 Å². The summed E-state index contributed by atoms with van der Waals surface area (Å²) >= 11 is 0. The first-order valence-corrected chi connectivity index (χ1v) is 9.86. The molecule has 0 radical (unpaired) electrons. The third kappa shape index (κ3) is 3.96. The number of anilines is 1. The van der Waals surface area contributed by atoms with Crippen LogP contribution >= 0.6 is 0 Å². The van der Waals surface area contributed by atoms with Gasteiger partial charge in [0.2, 0.25) is 0 Å². The average molecular weight is 396 g/mol. The minimum atomic E-state index is -0.482. The molecule has 1 aromatic carbocycles. The van der Waals surface area contributed by atoms with Crippen molar-refractivity contribution in [2.24, 2.45) is 5.92 Å². The molecular weight excluding hydrogens is 371 g/mol. The van der Waals surface area contributed by atoms with E-state index in [1.54, 1.807) is 10.5 Å². The average Bonchev–Trinajstić information content (AvgIpc) is 2.74. The normalized spacial score (nSPS) is 15.1. The minimum Gasteiger partial charge on any atom is -0.494 e. The maximum Gasteiger partial charge on any atom is 0.258 e. The highest BCUT2D eigenvalue weighted by molar-refractivity contribution is 5.63. The molecule has 29 heavy (non-hydrogen) atoms. The van der Waals surface area contributed by atoms with Crippen molar-refractivity contribution in [3.8, 4) is 17.0 Å². The first-order chi connectivity index (χ1) is 14.1. The molecule has 6 nitrogen and oxygen atoms in total. The fourth-order valence-electron chi connectivity index (χ4n) is 3.94. The molecule has 0 unspecified atom stereocenters. The van der Waals surface area contributed by atoms with Crippen LogP contribution < -0.4 is 20.5 Å². The van der Waals surface area contributed by atoms with Gasteiger partial charge in [0.1, 0.15) is 5.65 Å². The third-order valence-corrected chi connectivity index (χ3v) is 5.56. The monoisotopic (exact) mass is 396 g/mol. The molecule has 1 aliphatic heterocycles. The molecule has 152 valence electrons. The zero-order valence-electron chi connectivity index (χ0n) is 16.7. The summed E-state index contributed by atoms with van der Waals surface area (Å²) in [4.78, 5) is 19.6. The van der Waals surface area contributed by atoms with Crippen molar-refractivity contribution in [2.45, 2.75) is 12.8 Å². The summed E-state index contributed by atoms with van der Waals surface area (Å²) in [7, 11) is 3.41. The number of piperidine rings is 1. The first-order valence-electron chi connectivity index (χ1n) is 9.86. The van der Waals surface area contributed by atoms with Crippen molar-refractivity contribution in [1.29, 1.82) is 0 Å². The molecule has 4 rings (SSSR count). The Morgan fingerprint density at radius 2 is 2.00 bits per heavy atom. The number of aromatic nitrogens is 2. The highest BCUT2D eigenvalue weighted by Gasteiger charge is 2.19. The zero-order chi connectivity index (χ0) is 20.4. The number of nitrogens with zero attached hydrogens (tertiary/aromatic N) is 3. The second-order valence-corrected chi connectivity index (χ2v) is 7.43. The van der Waals surface area contributed by atoms with E-state index in [1.165, 1.54) is 25.3 Å². The molecule has 7 heteroatoms. The van der Waals surface area contributed by atoms with E-state index < -0.39 is 5.82 Å². The van der Waals surface area contributed by atoms with Crippen LogP contribution in [0.3, 0.4) is 0 Å². The third-order valence-electron chi connectivity index (χ3n) is 5.56. The summed E-state index contributed by atoms with van der Waals surface area (Å²) in [5.41, 5.74) is 2.36. The number of nitrogens with one attached hydrogen (secondary N) is 1. The number of benzene rings is 1. The molecule has 0 saturated carbocycles. The molecule has 0 spiro atoms. The van der Waals surface area contributed by atoms with E-state index in [4.69, 9.17) is 4.74 Å². The highest BCUT2D eigenvalue weighted by Crippen LogP contribution is 2.25. The Balaban J connectivity index is 1.62. The quantitative estimate of drug-likeness (QED) is 0.719. The molecule has 3 aromatic rings. The lowest BCUT2D eigenvalue weighted by Gasteiger charge is -2.33. The fraction of sp³-hybridized carbons (Fsp3) is 0.364. The second kappa shape index (κ2) is 8.21. The van der Waals surface area contributed by atoms with Crippen LogP contribution in [0.2, 0.25) is 0 Å². The van der Waals surface area contributed by atoms with E-state index in [0.717, 1.165) is 38.2 Å². The molecule has 1 fully saturated rings. The van der Waals surface area contributed by atoms with Crippen molar-refractivity contribution in [1.82, 2.24) is 14.7 Å². The van der Waals surface area contributed by atoms with Crippen molar-refractivity contribution in [3.05, 3.63) is 58.8 Å². The lowest BCUT2D eigenvalue weighted by atomic mass is 9.96. The molecule has 1 saturated heterocycles. The fourth-order valence-corrected chi connectivity index (χ4v) is 3.94. The van der Waals surface area contributed by atoms with Crippen molar-refractivity contribution < 1.29 is 9.13 Å². The Kier molecular flexibility index (Phi) is 5.49. The molecule has 2 aromatic heterocycles. The van der Waals surface area contributed by atoms with E-state index in [1.807, 2.05) is 25.4 Å². The largest absolute Gasteiger partial charge is 0.494 e. The van der Waals surface area contributed by atoms with Crippen molar-refractivity contribution in [2.75, 3.05) is 38.7 Å². The van der Waals surface area contributed by atoms with Gasteiger partial charge in [0.15, 0.2) is 11.6 Å². The van der Waals surface area contributed by atoms with Crippen LogP contribution in [-0.4, -0.2) is 43.2 Å². The Morgan fingerprint density at radius 1 is 1.21 bits per heavy atom. The summed E-state index contributed by atoms with van der Waals surface area (Å²) < 4.78 is 20.5. The van der Waals surface area contributed by atoms with Gasteiger partial charge in [-0.15, -0.1) is 0 Å². The number of fused-ring (bicyclic) bond motifs is 1. The van der Waals surface area contributed by atoms with Gasteiger partial charge in [-0.05, 0) is 62.7 Å². The molecule has 0 bridgehead atoms. The summed E-state index contributed by atoms with van der Waals surface area (Å²) in [6.45, 7) is 3.00. The zero-order valence-corrected chi connectivity index (χ0v) is 16.7. The molecule has 0 aliphatic carbocycles.